The molecule has 166 valence electrons. The number of aromatic nitrogens is 1. The number of carbonyl (C=O) groups excluding carboxylic acids is 1. The number of nitrogens with zero attached hydrogens (tertiary/aromatic N) is 1. The van der Waals surface area contributed by atoms with E-state index in [0.717, 1.165) is 12.1 Å². The molecule has 0 bridgehead atoms. The molecule has 0 saturated heterocycles. The van der Waals surface area contributed by atoms with Crippen molar-refractivity contribution in [2.45, 2.75) is 32.2 Å². The maximum atomic E-state index is 13.7. The van der Waals surface area contributed by atoms with Crippen LogP contribution in [0.25, 0.3) is 0 Å². The van der Waals surface area contributed by atoms with Crippen LogP contribution < -0.4 is 16.0 Å². The molecule has 1 aliphatic rings. The molecule has 2 aromatic rings. The standard InChI is InChI=1S/C22H24Cl2N2O5/c1-4-5-13-11-16-18(21(27)26(13)8-9-29-2)17(12-6-7-14(23)15(24)10-12)19(20(25)31-16)22(28)30-3/h6-7,10-11,17H,4-5,8-9,25H2,1-3H3. The van der Waals surface area contributed by atoms with Crippen LogP contribution in [0.5, 0.6) is 5.75 Å². The molecule has 1 aromatic heterocycles. The number of halogens is 2. The first kappa shape index (κ1) is 23.2. The molecule has 9 heteroatoms. The maximum absolute atomic E-state index is 13.7. The van der Waals surface area contributed by atoms with E-state index in [0.29, 0.717) is 35.9 Å². The van der Waals surface area contributed by atoms with Gasteiger partial charge in [-0.05, 0) is 24.1 Å². The Morgan fingerprint density at radius 3 is 2.58 bits per heavy atom. The van der Waals surface area contributed by atoms with Crippen molar-refractivity contribution in [2.24, 2.45) is 5.73 Å². The summed E-state index contributed by atoms with van der Waals surface area (Å²) in [5, 5.41) is 0.641. The van der Waals surface area contributed by atoms with Crippen molar-refractivity contribution in [3.05, 3.63) is 72.9 Å². The van der Waals surface area contributed by atoms with Gasteiger partial charge in [-0.1, -0.05) is 42.6 Å². The third-order valence-electron chi connectivity index (χ3n) is 5.16. The van der Waals surface area contributed by atoms with E-state index in [9.17, 15) is 9.59 Å². The summed E-state index contributed by atoms with van der Waals surface area (Å²) < 4.78 is 17.5. The van der Waals surface area contributed by atoms with E-state index >= 15 is 0 Å². The molecule has 1 unspecified atom stereocenters. The van der Waals surface area contributed by atoms with Gasteiger partial charge in [0, 0.05) is 25.4 Å². The summed E-state index contributed by atoms with van der Waals surface area (Å²) in [6, 6.07) is 6.71. The Morgan fingerprint density at radius 1 is 1.23 bits per heavy atom. The van der Waals surface area contributed by atoms with E-state index < -0.39 is 11.9 Å². The van der Waals surface area contributed by atoms with Crippen molar-refractivity contribution in [3.63, 3.8) is 0 Å². The van der Waals surface area contributed by atoms with Crippen LogP contribution in [0.1, 0.15) is 36.1 Å². The smallest absolute Gasteiger partial charge is 0.340 e. The molecule has 0 radical (unpaired) electrons. The molecule has 1 atom stereocenters. The average molecular weight is 467 g/mol. The average Bonchev–Trinajstić information content (AvgIpc) is 2.74. The lowest BCUT2D eigenvalue weighted by atomic mass is 9.83. The minimum Gasteiger partial charge on any atom is -0.465 e. The first-order valence-corrected chi connectivity index (χ1v) is 10.6. The second-order valence-corrected chi connectivity index (χ2v) is 7.91. The Bertz CT molecular complexity index is 1090. The quantitative estimate of drug-likeness (QED) is 0.626. The Labute approximate surface area is 190 Å². The molecule has 0 saturated carbocycles. The van der Waals surface area contributed by atoms with Crippen molar-refractivity contribution in [1.82, 2.24) is 4.57 Å². The van der Waals surface area contributed by atoms with Gasteiger partial charge in [0.1, 0.15) is 11.3 Å². The second-order valence-electron chi connectivity index (χ2n) is 7.09. The van der Waals surface area contributed by atoms with E-state index in [2.05, 4.69) is 0 Å². The van der Waals surface area contributed by atoms with E-state index in [-0.39, 0.29) is 27.6 Å². The second kappa shape index (κ2) is 9.77. The Morgan fingerprint density at radius 2 is 1.97 bits per heavy atom. The summed E-state index contributed by atoms with van der Waals surface area (Å²) >= 11 is 12.3. The number of aryl methyl sites for hydroxylation is 1. The molecule has 1 aromatic carbocycles. The van der Waals surface area contributed by atoms with Crippen LogP contribution >= 0.6 is 23.2 Å². The number of pyridine rings is 1. The van der Waals surface area contributed by atoms with E-state index in [4.69, 9.17) is 43.1 Å². The molecule has 2 heterocycles. The summed E-state index contributed by atoms with van der Waals surface area (Å²) in [4.78, 5) is 26.3. The fourth-order valence-electron chi connectivity index (χ4n) is 3.74. The number of carbonyl (C=O) groups is 1. The highest BCUT2D eigenvalue weighted by molar-refractivity contribution is 6.42. The third-order valence-corrected chi connectivity index (χ3v) is 5.89. The Hall–Kier alpha value is -2.48. The highest BCUT2D eigenvalue weighted by Gasteiger charge is 2.38. The van der Waals surface area contributed by atoms with Crippen LogP contribution in [0.2, 0.25) is 10.0 Å². The minimum atomic E-state index is -0.831. The number of rotatable bonds is 7. The van der Waals surface area contributed by atoms with Gasteiger partial charge in [0.2, 0.25) is 5.88 Å². The van der Waals surface area contributed by atoms with Crippen molar-refractivity contribution in [1.29, 1.82) is 0 Å². The molecule has 0 amide bonds. The number of nitrogens with two attached hydrogens (primary N) is 1. The fraction of sp³-hybridized carbons (Fsp3) is 0.364. The molecule has 0 spiro atoms. The van der Waals surface area contributed by atoms with Gasteiger partial charge in [0.15, 0.2) is 0 Å². The number of esters is 1. The van der Waals surface area contributed by atoms with Crippen molar-refractivity contribution >= 4 is 29.2 Å². The van der Waals surface area contributed by atoms with Crippen LogP contribution in [0, 0.1) is 0 Å². The molecule has 3 rings (SSSR count). The van der Waals surface area contributed by atoms with Gasteiger partial charge in [-0.2, -0.15) is 0 Å². The lowest BCUT2D eigenvalue weighted by molar-refractivity contribution is -0.136. The van der Waals surface area contributed by atoms with E-state index in [1.54, 1.807) is 35.9 Å². The molecule has 0 aliphatic carbocycles. The Kier molecular flexibility index (Phi) is 7.30. The van der Waals surface area contributed by atoms with E-state index in [1.165, 1.54) is 7.11 Å². The summed E-state index contributed by atoms with van der Waals surface area (Å²) in [5.41, 5.74) is 7.52. The maximum Gasteiger partial charge on any atom is 0.340 e. The largest absolute Gasteiger partial charge is 0.465 e. The normalized spacial score (nSPS) is 15.5. The zero-order valence-corrected chi connectivity index (χ0v) is 19.0. The number of benzene rings is 1. The molecular formula is C22H24Cl2N2O5. The van der Waals surface area contributed by atoms with Gasteiger partial charge in [0.05, 0.1) is 35.2 Å². The molecule has 1 aliphatic heterocycles. The number of methoxy groups -OCH3 is 2. The predicted molar refractivity (Wildman–Crippen MR) is 119 cm³/mol. The van der Waals surface area contributed by atoms with Gasteiger partial charge in [-0.15, -0.1) is 0 Å². The van der Waals surface area contributed by atoms with Crippen molar-refractivity contribution in [3.8, 4) is 5.75 Å². The molecule has 7 nitrogen and oxygen atoms in total. The number of hydrogen-bond donors (Lipinski definition) is 1. The molecule has 31 heavy (non-hydrogen) atoms. The first-order chi connectivity index (χ1) is 14.8. The lowest BCUT2D eigenvalue weighted by Gasteiger charge is -2.29. The summed E-state index contributed by atoms with van der Waals surface area (Å²) in [5.74, 6) is -1.34. The SMILES string of the molecule is CCCc1cc2c(c(=O)n1CCOC)C(c1ccc(Cl)c(Cl)c1)C(C(=O)OC)=C(N)O2. The van der Waals surface area contributed by atoms with Crippen LogP contribution in [-0.4, -0.2) is 31.4 Å². The third kappa shape index (κ3) is 4.44. The summed E-state index contributed by atoms with van der Waals surface area (Å²) in [6.07, 6.45) is 1.50. The number of ether oxygens (including phenoxy) is 3. The van der Waals surface area contributed by atoms with Gasteiger partial charge in [-0.3, -0.25) is 4.79 Å². The van der Waals surface area contributed by atoms with Crippen molar-refractivity contribution < 1.29 is 19.0 Å². The van der Waals surface area contributed by atoms with Gasteiger partial charge in [-0.25, -0.2) is 4.79 Å². The zero-order valence-electron chi connectivity index (χ0n) is 17.5. The van der Waals surface area contributed by atoms with Gasteiger partial charge < -0.3 is 24.5 Å². The van der Waals surface area contributed by atoms with Crippen LogP contribution in [0.15, 0.2) is 40.5 Å². The van der Waals surface area contributed by atoms with Crippen LogP contribution in [0.4, 0.5) is 0 Å². The first-order valence-electron chi connectivity index (χ1n) is 9.80. The fourth-order valence-corrected chi connectivity index (χ4v) is 4.05. The highest BCUT2D eigenvalue weighted by atomic mass is 35.5. The van der Waals surface area contributed by atoms with Crippen molar-refractivity contribution in [2.75, 3.05) is 20.8 Å². The number of hydrogen-bond acceptors (Lipinski definition) is 6. The van der Waals surface area contributed by atoms with Crippen LogP contribution in [0.3, 0.4) is 0 Å². The highest BCUT2D eigenvalue weighted by Crippen LogP contribution is 2.42. The van der Waals surface area contributed by atoms with Crippen LogP contribution in [-0.2, 0) is 27.2 Å². The van der Waals surface area contributed by atoms with Gasteiger partial charge in [0.25, 0.3) is 5.56 Å². The van der Waals surface area contributed by atoms with Gasteiger partial charge >= 0.3 is 5.97 Å². The predicted octanol–water partition coefficient (Wildman–Crippen LogP) is 3.62. The summed E-state index contributed by atoms with van der Waals surface area (Å²) in [6.45, 7) is 2.74. The molecule has 2 N–H and O–H groups in total. The topological polar surface area (TPSA) is 92.8 Å². The number of fused-ring (bicyclic) bond motifs is 1. The molecule has 0 fully saturated rings. The van der Waals surface area contributed by atoms with E-state index in [1.807, 2.05) is 6.92 Å². The molecular weight excluding hydrogens is 443 g/mol. The lowest BCUT2D eigenvalue weighted by Crippen LogP contribution is -2.36. The minimum absolute atomic E-state index is 0.0343. The Balaban J connectivity index is 2.32. The zero-order chi connectivity index (χ0) is 22.7. The summed E-state index contributed by atoms with van der Waals surface area (Å²) in [7, 11) is 2.81. The monoisotopic (exact) mass is 466 g/mol.